The van der Waals surface area contributed by atoms with Crippen LogP contribution in [-0.2, 0) is 0 Å². The smallest absolute Gasteiger partial charge is 0.0168 e. The standard InChI is InChI=1S/C12H24N2/c1-10(2)12(5-6-12)9-14-7-3-4-11(13)8-14/h10-11H,3-9,13H2,1-2H3. The minimum absolute atomic E-state index is 0.437. The average Bonchev–Trinajstić information content (AvgIpc) is 2.85. The molecule has 1 aliphatic carbocycles. The minimum Gasteiger partial charge on any atom is -0.327 e. The van der Waals surface area contributed by atoms with Gasteiger partial charge in [-0.1, -0.05) is 13.8 Å². The van der Waals surface area contributed by atoms with Crippen LogP contribution in [0.2, 0.25) is 0 Å². The summed E-state index contributed by atoms with van der Waals surface area (Å²) in [7, 11) is 0. The van der Waals surface area contributed by atoms with Crippen molar-refractivity contribution in [3.8, 4) is 0 Å². The number of nitrogens with two attached hydrogens (primary N) is 1. The van der Waals surface area contributed by atoms with Crippen LogP contribution in [0.3, 0.4) is 0 Å². The Labute approximate surface area is 87.8 Å². The number of piperidine rings is 1. The molecule has 1 saturated carbocycles. The lowest BCUT2D eigenvalue weighted by molar-refractivity contribution is 0.149. The van der Waals surface area contributed by atoms with E-state index in [4.69, 9.17) is 5.73 Å². The number of hydrogen-bond donors (Lipinski definition) is 1. The largest absolute Gasteiger partial charge is 0.327 e. The third-order valence-electron chi connectivity index (χ3n) is 4.20. The molecule has 2 heteroatoms. The average molecular weight is 196 g/mol. The normalized spacial score (nSPS) is 32.1. The number of hydrogen-bond acceptors (Lipinski definition) is 2. The highest BCUT2D eigenvalue weighted by Gasteiger charge is 2.46. The van der Waals surface area contributed by atoms with Crippen LogP contribution in [0.4, 0.5) is 0 Å². The summed E-state index contributed by atoms with van der Waals surface area (Å²) in [6, 6.07) is 0.437. The molecule has 1 atom stereocenters. The van der Waals surface area contributed by atoms with Crippen LogP contribution in [0.25, 0.3) is 0 Å². The number of nitrogens with zero attached hydrogens (tertiary/aromatic N) is 1. The third-order valence-corrected chi connectivity index (χ3v) is 4.20. The quantitative estimate of drug-likeness (QED) is 0.746. The van der Waals surface area contributed by atoms with E-state index < -0.39 is 0 Å². The van der Waals surface area contributed by atoms with Crippen molar-refractivity contribution in [2.24, 2.45) is 17.1 Å². The molecule has 2 nitrogen and oxygen atoms in total. The number of rotatable bonds is 3. The van der Waals surface area contributed by atoms with E-state index in [1.807, 2.05) is 0 Å². The van der Waals surface area contributed by atoms with Crippen molar-refractivity contribution < 1.29 is 0 Å². The van der Waals surface area contributed by atoms with Crippen LogP contribution < -0.4 is 5.73 Å². The molecule has 0 radical (unpaired) electrons. The van der Waals surface area contributed by atoms with Gasteiger partial charge < -0.3 is 10.6 Å². The summed E-state index contributed by atoms with van der Waals surface area (Å²) in [4.78, 5) is 2.60. The minimum atomic E-state index is 0.437. The van der Waals surface area contributed by atoms with Crippen molar-refractivity contribution in [1.82, 2.24) is 4.90 Å². The van der Waals surface area contributed by atoms with E-state index >= 15 is 0 Å². The molecule has 0 spiro atoms. The number of likely N-dealkylation sites (tertiary alicyclic amines) is 1. The van der Waals surface area contributed by atoms with Gasteiger partial charge in [0.05, 0.1) is 0 Å². The molecular formula is C12H24N2. The van der Waals surface area contributed by atoms with Gasteiger partial charge in [-0.3, -0.25) is 0 Å². The maximum absolute atomic E-state index is 6.00. The van der Waals surface area contributed by atoms with Gasteiger partial charge in [-0.05, 0) is 43.6 Å². The van der Waals surface area contributed by atoms with Crippen LogP contribution in [0.1, 0.15) is 39.5 Å². The predicted octanol–water partition coefficient (Wildman–Crippen LogP) is 1.85. The van der Waals surface area contributed by atoms with Crippen LogP contribution >= 0.6 is 0 Å². The Balaban J connectivity index is 1.85. The molecule has 0 aromatic carbocycles. The highest BCUT2D eigenvalue weighted by atomic mass is 15.2. The van der Waals surface area contributed by atoms with Crippen molar-refractivity contribution in [3.05, 3.63) is 0 Å². The Morgan fingerprint density at radius 1 is 1.43 bits per heavy atom. The molecule has 0 aromatic rings. The molecule has 1 unspecified atom stereocenters. The van der Waals surface area contributed by atoms with Crippen molar-refractivity contribution in [2.75, 3.05) is 19.6 Å². The van der Waals surface area contributed by atoms with E-state index in [9.17, 15) is 0 Å². The second-order valence-electron chi connectivity index (χ2n) is 5.65. The molecule has 0 amide bonds. The highest BCUT2D eigenvalue weighted by Crippen LogP contribution is 2.52. The van der Waals surface area contributed by atoms with E-state index in [0.717, 1.165) is 12.5 Å². The summed E-state index contributed by atoms with van der Waals surface area (Å²) in [6.45, 7) is 8.46. The Bertz CT molecular complexity index is 196. The van der Waals surface area contributed by atoms with E-state index in [-0.39, 0.29) is 0 Å². The van der Waals surface area contributed by atoms with Crippen LogP contribution in [-0.4, -0.2) is 30.6 Å². The van der Waals surface area contributed by atoms with E-state index in [1.54, 1.807) is 0 Å². The topological polar surface area (TPSA) is 29.3 Å². The lowest BCUT2D eigenvalue weighted by Crippen LogP contribution is -2.45. The van der Waals surface area contributed by atoms with Gasteiger partial charge in [-0.15, -0.1) is 0 Å². The molecule has 0 bridgehead atoms. The lowest BCUT2D eigenvalue weighted by Gasteiger charge is -2.35. The molecule has 82 valence electrons. The predicted molar refractivity (Wildman–Crippen MR) is 60.2 cm³/mol. The molecule has 0 aromatic heterocycles. The van der Waals surface area contributed by atoms with Crippen molar-refractivity contribution in [1.29, 1.82) is 0 Å². The summed E-state index contributed by atoms with van der Waals surface area (Å²) >= 11 is 0. The van der Waals surface area contributed by atoms with Gasteiger partial charge in [0.25, 0.3) is 0 Å². The third kappa shape index (κ3) is 2.12. The van der Waals surface area contributed by atoms with E-state index in [0.29, 0.717) is 11.5 Å². The first-order valence-corrected chi connectivity index (χ1v) is 6.10. The summed E-state index contributed by atoms with van der Waals surface area (Å²) < 4.78 is 0. The molecule has 2 N–H and O–H groups in total. The fourth-order valence-electron chi connectivity index (χ4n) is 2.76. The Morgan fingerprint density at radius 2 is 2.14 bits per heavy atom. The summed E-state index contributed by atoms with van der Waals surface area (Å²) in [5.41, 5.74) is 6.66. The molecular weight excluding hydrogens is 172 g/mol. The van der Waals surface area contributed by atoms with Crippen molar-refractivity contribution in [2.45, 2.75) is 45.6 Å². The molecule has 14 heavy (non-hydrogen) atoms. The second-order valence-corrected chi connectivity index (χ2v) is 5.65. The van der Waals surface area contributed by atoms with Gasteiger partial charge in [-0.25, -0.2) is 0 Å². The molecule has 2 fully saturated rings. The van der Waals surface area contributed by atoms with Crippen molar-refractivity contribution >= 4 is 0 Å². The zero-order valence-electron chi connectivity index (χ0n) is 9.63. The van der Waals surface area contributed by atoms with Gasteiger partial charge in [0, 0.05) is 19.1 Å². The zero-order valence-corrected chi connectivity index (χ0v) is 9.63. The van der Waals surface area contributed by atoms with E-state index in [1.165, 1.54) is 38.8 Å². The Morgan fingerprint density at radius 3 is 2.64 bits per heavy atom. The molecule has 1 saturated heterocycles. The summed E-state index contributed by atoms with van der Waals surface area (Å²) in [6.07, 6.45) is 5.41. The molecule has 2 aliphatic rings. The maximum atomic E-state index is 6.00. The molecule has 2 rings (SSSR count). The van der Waals surface area contributed by atoms with Gasteiger partial charge in [-0.2, -0.15) is 0 Å². The van der Waals surface area contributed by atoms with Gasteiger partial charge in [0.2, 0.25) is 0 Å². The highest BCUT2D eigenvalue weighted by molar-refractivity contribution is 4.98. The van der Waals surface area contributed by atoms with E-state index in [2.05, 4.69) is 18.7 Å². The fourth-order valence-corrected chi connectivity index (χ4v) is 2.76. The first-order valence-electron chi connectivity index (χ1n) is 6.10. The zero-order chi connectivity index (χ0) is 10.2. The van der Waals surface area contributed by atoms with Crippen LogP contribution in [0.5, 0.6) is 0 Å². The monoisotopic (exact) mass is 196 g/mol. The maximum Gasteiger partial charge on any atom is 0.0168 e. The SMILES string of the molecule is CC(C)C1(CN2CCCC(N)C2)CC1. The van der Waals surface area contributed by atoms with Gasteiger partial charge in [0.15, 0.2) is 0 Å². The Kier molecular flexibility index (Phi) is 2.85. The lowest BCUT2D eigenvalue weighted by atomic mass is 9.91. The van der Waals surface area contributed by atoms with Crippen LogP contribution in [0.15, 0.2) is 0 Å². The second kappa shape index (κ2) is 3.82. The fraction of sp³-hybridized carbons (Fsp3) is 1.00. The van der Waals surface area contributed by atoms with Gasteiger partial charge in [0.1, 0.15) is 0 Å². The first kappa shape index (κ1) is 10.4. The summed E-state index contributed by atoms with van der Waals surface area (Å²) in [5, 5.41) is 0. The summed E-state index contributed by atoms with van der Waals surface area (Å²) in [5.74, 6) is 0.848. The molecule has 1 heterocycles. The van der Waals surface area contributed by atoms with Gasteiger partial charge >= 0.3 is 0 Å². The Hall–Kier alpha value is -0.0800. The first-order chi connectivity index (χ1) is 6.62. The van der Waals surface area contributed by atoms with Crippen molar-refractivity contribution in [3.63, 3.8) is 0 Å². The van der Waals surface area contributed by atoms with Crippen LogP contribution in [0, 0.1) is 11.3 Å². The molecule has 1 aliphatic heterocycles.